The summed E-state index contributed by atoms with van der Waals surface area (Å²) in [4.78, 5) is 24.7. The van der Waals surface area contributed by atoms with Crippen LogP contribution in [-0.4, -0.2) is 26.0 Å². The fraction of sp³-hybridized carbons (Fsp3) is 0.0909. The molecule has 0 saturated carbocycles. The van der Waals surface area contributed by atoms with Crippen molar-refractivity contribution in [2.45, 2.75) is 16.3 Å². The Kier molecular flexibility index (Phi) is 3.63. The smallest absolute Gasteiger partial charge is 0.346 e. The van der Waals surface area contributed by atoms with Crippen LogP contribution in [0.3, 0.4) is 0 Å². The Morgan fingerprint density at radius 1 is 1.45 bits per heavy atom. The van der Waals surface area contributed by atoms with Crippen molar-refractivity contribution in [3.8, 4) is 0 Å². The Morgan fingerprint density at radius 2 is 2.25 bits per heavy atom. The number of thiophene rings is 1. The molecular formula is C11H6ClN3O2S3. The molecule has 0 aromatic carbocycles. The van der Waals surface area contributed by atoms with E-state index in [0.29, 0.717) is 25.5 Å². The quantitative estimate of drug-likeness (QED) is 0.725. The molecule has 3 rings (SSSR count). The first-order valence-electron chi connectivity index (χ1n) is 5.32. The zero-order valence-corrected chi connectivity index (χ0v) is 13.2. The maximum Gasteiger partial charge on any atom is 0.346 e. The van der Waals surface area contributed by atoms with Gasteiger partial charge >= 0.3 is 5.97 Å². The normalized spacial score (nSPS) is 11.1. The van der Waals surface area contributed by atoms with Gasteiger partial charge in [-0.25, -0.2) is 19.7 Å². The van der Waals surface area contributed by atoms with Crippen LogP contribution < -0.4 is 0 Å². The first kappa shape index (κ1) is 13.7. The summed E-state index contributed by atoms with van der Waals surface area (Å²) in [6, 6.07) is 0. The Labute approximate surface area is 130 Å². The summed E-state index contributed by atoms with van der Waals surface area (Å²) in [5.41, 5.74) is 0.684. The third kappa shape index (κ3) is 2.39. The Morgan fingerprint density at radius 3 is 2.90 bits per heavy atom. The predicted molar refractivity (Wildman–Crippen MR) is 80.4 cm³/mol. The average molecular weight is 344 g/mol. The summed E-state index contributed by atoms with van der Waals surface area (Å²) in [5.74, 6) is -0.946. The van der Waals surface area contributed by atoms with Gasteiger partial charge < -0.3 is 5.11 Å². The minimum atomic E-state index is -0.946. The van der Waals surface area contributed by atoms with Crippen LogP contribution in [0.25, 0.3) is 10.2 Å². The maximum atomic E-state index is 11.2. The molecule has 0 aliphatic carbocycles. The van der Waals surface area contributed by atoms with E-state index in [0.717, 1.165) is 21.1 Å². The van der Waals surface area contributed by atoms with Gasteiger partial charge in [0, 0.05) is 10.8 Å². The highest BCUT2D eigenvalue weighted by Crippen LogP contribution is 2.38. The molecule has 1 N–H and O–H groups in total. The summed E-state index contributed by atoms with van der Waals surface area (Å²) >= 11 is 9.74. The largest absolute Gasteiger partial charge is 0.477 e. The number of nitrogens with zero attached hydrogens (tertiary/aromatic N) is 3. The van der Waals surface area contributed by atoms with Gasteiger partial charge in [-0.3, -0.25) is 0 Å². The molecule has 0 atom stereocenters. The number of hydrogen-bond acceptors (Lipinski definition) is 7. The number of aromatic carboxylic acids is 1. The van der Waals surface area contributed by atoms with E-state index in [-0.39, 0.29) is 0 Å². The van der Waals surface area contributed by atoms with Gasteiger partial charge in [-0.1, -0.05) is 11.6 Å². The number of aryl methyl sites for hydroxylation is 1. The minimum absolute atomic E-state index is 0.291. The van der Waals surface area contributed by atoms with E-state index in [9.17, 15) is 9.90 Å². The molecule has 20 heavy (non-hydrogen) atoms. The second-order valence-corrected chi connectivity index (χ2v) is 7.24. The molecule has 5 nitrogen and oxygen atoms in total. The van der Waals surface area contributed by atoms with Crippen molar-refractivity contribution in [2.75, 3.05) is 0 Å². The van der Waals surface area contributed by atoms with Gasteiger partial charge in [-0.2, -0.15) is 0 Å². The number of fused-ring (bicyclic) bond motifs is 1. The average Bonchev–Trinajstić information content (AvgIpc) is 2.95. The summed E-state index contributed by atoms with van der Waals surface area (Å²) in [6.07, 6.45) is 1.43. The fourth-order valence-corrected chi connectivity index (χ4v) is 4.80. The Bertz CT molecular complexity index is 814. The first-order chi connectivity index (χ1) is 9.56. The standard InChI is InChI=1S/C11H6ClN3O2S3/c1-4-6-8(19-7(4)10(16)17)13-3-14-9(6)20-11-15-5(12)2-18-11/h2-3H,1H3,(H,16,17). The van der Waals surface area contributed by atoms with Crippen molar-refractivity contribution in [2.24, 2.45) is 0 Å². The molecular weight excluding hydrogens is 338 g/mol. The van der Waals surface area contributed by atoms with Crippen LogP contribution in [-0.2, 0) is 0 Å². The van der Waals surface area contributed by atoms with Crippen molar-refractivity contribution in [3.63, 3.8) is 0 Å². The van der Waals surface area contributed by atoms with Gasteiger partial charge in [-0.05, 0) is 24.2 Å². The molecule has 9 heteroatoms. The highest BCUT2D eigenvalue weighted by atomic mass is 35.5. The van der Waals surface area contributed by atoms with Crippen LogP contribution in [0.15, 0.2) is 21.1 Å². The van der Waals surface area contributed by atoms with E-state index in [1.54, 1.807) is 12.3 Å². The van der Waals surface area contributed by atoms with E-state index in [1.807, 2.05) is 0 Å². The number of thiazole rings is 1. The van der Waals surface area contributed by atoms with Crippen LogP contribution in [0, 0.1) is 6.92 Å². The lowest BCUT2D eigenvalue weighted by Crippen LogP contribution is -1.94. The molecule has 0 fully saturated rings. The molecule has 0 spiro atoms. The zero-order valence-electron chi connectivity index (χ0n) is 9.95. The molecule has 3 aromatic heterocycles. The Hall–Kier alpha value is -1.22. The van der Waals surface area contributed by atoms with Crippen LogP contribution in [0.4, 0.5) is 0 Å². The molecule has 102 valence electrons. The summed E-state index contributed by atoms with van der Waals surface area (Å²) < 4.78 is 0.762. The lowest BCUT2D eigenvalue weighted by molar-refractivity contribution is 0.0701. The lowest BCUT2D eigenvalue weighted by atomic mass is 10.2. The van der Waals surface area contributed by atoms with Crippen molar-refractivity contribution >= 4 is 62.2 Å². The summed E-state index contributed by atoms with van der Waals surface area (Å²) in [6.45, 7) is 1.77. The maximum absolute atomic E-state index is 11.2. The Balaban J connectivity index is 2.13. The topological polar surface area (TPSA) is 76.0 Å². The molecule has 3 aromatic rings. The molecule has 0 aliphatic rings. The number of hydrogen-bond donors (Lipinski definition) is 1. The van der Waals surface area contributed by atoms with E-state index in [1.165, 1.54) is 29.4 Å². The van der Waals surface area contributed by atoms with Crippen LogP contribution in [0.1, 0.15) is 15.2 Å². The van der Waals surface area contributed by atoms with Crippen molar-refractivity contribution < 1.29 is 9.90 Å². The van der Waals surface area contributed by atoms with E-state index < -0.39 is 5.97 Å². The minimum Gasteiger partial charge on any atom is -0.477 e. The van der Waals surface area contributed by atoms with Gasteiger partial charge in [0.25, 0.3) is 0 Å². The highest BCUT2D eigenvalue weighted by molar-refractivity contribution is 8.01. The van der Waals surface area contributed by atoms with Crippen LogP contribution in [0.5, 0.6) is 0 Å². The number of carboxylic acids is 1. The number of halogens is 1. The number of rotatable bonds is 3. The third-order valence-corrected chi connectivity index (χ3v) is 5.98. The number of carboxylic acid groups (broad SMARTS) is 1. The van der Waals surface area contributed by atoms with E-state index in [2.05, 4.69) is 15.0 Å². The zero-order chi connectivity index (χ0) is 14.3. The molecule has 0 radical (unpaired) electrons. The second-order valence-electron chi connectivity index (χ2n) is 3.76. The van der Waals surface area contributed by atoms with Crippen molar-refractivity contribution in [1.82, 2.24) is 15.0 Å². The van der Waals surface area contributed by atoms with Gasteiger partial charge in [0.15, 0.2) is 4.34 Å². The van der Waals surface area contributed by atoms with E-state index >= 15 is 0 Å². The molecule has 0 aliphatic heterocycles. The first-order valence-corrected chi connectivity index (χ1v) is 8.21. The highest BCUT2D eigenvalue weighted by Gasteiger charge is 2.19. The lowest BCUT2D eigenvalue weighted by Gasteiger charge is -1.99. The predicted octanol–water partition coefficient (Wildman–Crippen LogP) is 3.96. The van der Waals surface area contributed by atoms with Crippen LogP contribution >= 0.6 is 46.0 Å². The van der Waals surface area contributed by atoms with Gasteiger partial charge in [0.2, 0.25) is 0 Å². The van der Waals surface area contributed by atoms with Crippen molar-refractivity contribution in [1.29, 1.82) is 0 Å². The summed E-state index contributed by atoms with van der Waals surface area (Å²) in [7, 11) is 0. The SMILES string of the molecule is Cc1c(C(=O)O)sc2ncnc(Sc3nc(Cl)cs3)c12. The molecule has 0 amide bonds. The number of carbonyl (C=O) groups is 1. The fourth-order valence-electron chi connectivity index (χ4n) is 1.69. The monoisotopic (exact) mass is 343 g/mol. The second kappa shape index (κ2) is 5.28. The summed E-state index contributed by atoms with van der Waals surface area (Å²) in [5, 5.41) is 12.8. The van der Waals surface area contributed by atoms with Gasteiger partial charge in [0.05, 0.1) is 0 Å². The van der Waals surface area contributed by atoms with Gasteiger partial charge in [-0.15, -0.1) is 22.7 Å². The van der Waals surface area contributed by atoms with E-state index in [4.69, 9.17) is 11.6 Å². The third-order valence-electron chi connectivity index (χ3n) is 2.53. The molecule has 0 unspecified atom stereocenters. The number of aromatic nitrogens is 3. The molecule has 3 heterocycles. The molecule has 0 saturated heterocycles. The van der Waals surface area contributed by atoms with Crippen LogP contribution in [0.2, 0.25) is 5.15 Å². The molecule has 0 bridgehead atoms. The van der Waals surface area contributed by atoms with Gasteiger partial charge in [0.1, 0.15) is 26.2 Å². The van der Waals surface area contributed by atoms with Crippen molar-refractivity contribution in [3.05, 3.63) is 27.3 Å².